The van der Waals surface area contributed by atoms with Crippen LogP contribution in [0.25, 0.3) is 0 Å². The normalized spacial score (nSPS) is 16.3. The van der Waals surface area contributed by atoms with Gasteiger partial charge in [0.15, 0.2) is 0 Å². The Morgan fingerprint density at radius 1 is 1.47 bits per heavy atom. The van der Waals surface area contributed by atoms with Gasteiger partial charge in [0.25, 0.3) is 0 Å². The van der Waals surface area contributed by atoms with E-state index in [1.54, 1.807) is 6.92 Å². The Hall–Kier alpha value is -1.51. The van der Waals surface area contributed by atoms with Gasteiger partial charge in [-0.3, -0.25) is 4.99 Å². The van der Waals surface area contributed by atoms with Gasteiger partial charge in [-0.2, -0.15) is 0 Å². The number of nitrogens with zero attached hydrogens (tertiary/aromatic N) is 1. The molecule has 0 aromatic heterocycles. The molecule has 0 rings (SSSR count). The second-order valence-corrected chi connectivity index (χ2v) is 3.50. The Labute approximate surface area is 92.3 Å². The Bertz CT molecular complexity index is 294. The lowest BCUT2D eigenvalue weighted by molar-refractivity contribution is 0.785. The van der Waals surface area contributed by atoms with E-state index in [9.17, 15) is 0 Å². The van der Waals surface area contributed by atoms with E-state index in [0.29, 0.717) is 11.4 Å². The number of nitrogens with two attached hydrogens (primary N) is 2. The van der Waals surface area contributed by atoms with Crippen LogP contribution in [0.5, 0.6) is 0 Å². The molecule has 3 heteroatoms. The lowest BCUT2D eigenvalue weighted by Gasteiger charge is -2.14. The van der Waals surface area contributed by atoms with Crippen molar-refractivity contribution in [2.24, 2.45) is 22.4 Å². The van der Waals surface area contributed by atoms with Crippen molar-refractivity contribution in [2.45, 2.75) is 27.2 Å². The Morgan fingerprint density at radius 2 is 2.07 bits per heavy atom. The molecule has 15 heavy (non-hydrogen) atoms. The molecule has 84 valence electrons. The molecule has 0 bridgehead atoms. The zero-order valence-corrected chi connectivity index (χ0v) is 9.83. The minimum Gasteiger partial charge on any atom is -0.401 e. The average Bonchev–Trinajstić information content (AvgIpc) is 2.21. The minimum atomic E-state index is 0.248. The number of rotatable bonds is 5. The van der Waals surface area contributed by atoms with E-state index >= 15 is 0 Å². The summed E-state index contributed by atoms with van der Waals surface area (Å²) in [5.74, 6) is 0.248. The van der Waals surface area contributed by atoms with Crippen molar-refractivity contribution in [2.75, 3.05) is 0 Å². The van der Waals surface area contributed by atoms with Crippen molar-refractivity contribution >= 4 is 5.71 Å². The SMILES string of the molecule is C=CN=C(C(N)=C(C)N)C(C)C/C=C/C. The van der Waals surface area contributed by atoms with Crippen LogP contribution in [0.1, 0.15) is 27.2 Å². The third kappa shape index (κ3) is 4.49. The van der Waals surface area contributed by atoms with E-state index in [1.807, 2.05) is 13.0 Å². The van der Waals surface area contributed by atoms with E-state index < -0.39 is 0 Å². The number of hydrogen-bond donors (Lipinski definition) is 2. The average molecular weight is 207 g/mol. The molecule has 0 saturated heterocycles. The van der Waals surface area contributed by atoms with Gasteiger partial charge >= 0.3 is 0 Å². The number of allylic oxidation sites excluding steroid dienone is 4. The second-order valence-electron chi connectivity index (χ2n) is 3.50. The molecule has 0 aromatic rings. The maximum absolute atomic E-state index is 5.87. The van der Waals surface area contributed by atoms with E-state index in [0.717, 1.165) is 12.1 Å². The predicted molar refractivity (Wildman–Crippen MR) is 67.3 cm³/mol. The first-order valence-corrected chi connectivity index (χ1v) is 5.06. The second kappa shape index (κ2) is 6.87. The molecule has 0 saturated carbocycles. The topological polar surface area (TPSA) is 64.4 Å². The van der Waals surface area contributed by atoms with Crippen LogP contribution in [-0.4, -0.2) is 5.71 Å². The van der Waals surface area contributed by atoms with Crippen molar-refractivity contribution in [3.8, 4) is 0 Å². The van der Waals surface area contributed by atoms with Crippen LogP contribution in [0.3, 0.4) is 0 Å². The van der Waals surface area contributed by atoms with E-state index in [1.165, 1.54) is 6.20 Å². The summed E-state index contributed by atoms with van der Waals surface area (Å²) in [7, 11) is 0. The molecule has 0 aromatic carbocycles. The minimum absolute atomic E-state index is 0.248. The highest BCUT2D eigenvalue weighted by molar-refractivity contribution is 6.01. The molecule has 0 aliphatic rings. The third-order valence-corrected chi connectivity index (χ3v) is 2.12. The largest absolute Gasteiger partial charge is 0.401 e. The molecule has 3 nitrogen and oxygen atoms in total. The summed E-state index contributed by atoms with van der Waals surface area (Å²) >= 11 is 0. The van der Waals surface area contributed by atoms with Gasteiger partial charge in [-0.25, -0.2) is 0 Å². The predicted octanol–water partition coefficient (Wildman–Crippen LogP) is 2.32. The summed E-state index contributed by atoms with van der Waals surface area (Å²) in [6.07, 6.45) is 6.49. The van der Waals surface area contributed by atoms with Crippen LogP contribution >= 0.6 is 0 Å². The van der Waals surface area contributed by atoms with E-state index in [4.69, 9.17) is 11.5 Å². The lowest BCUT2D eigenvalue weighted by Crippen LogP contribution is -2.22. The highest BCUT2D eigenvalue weighted by atomic mass is 14.8. The third-order valence-electron chi connectivity index (χ3n) is 2.12. The molecule has 1 unspecified atom stereocenters. The summed E-state index contributed by atoms with van der Waals surface area (Å²) in [6, 6.07) is 0. The summed E-state index contributed by atoms with van der Waals surface area (Å²) in [5, 5.41) is 0. The summed E-state index contributed by atoms with van der Waals surface area (Å²) < 4.78 is 0. The maximum Gasteiger partial charge on any atom is 0.0723 e. The Morgan fingerprint density at radius 3 is 2.47 bits per heavy atom. The molecule has 0 radical (unpaired) electrons. The first-order chi connectivity index (χ1) is 7.04. The van der Waals surface area contributed by atoms with Gasteiger partial charge in [-0.05, 0) is 20.3 Å². The van der Waals surface area contributed by atoms with Crippen LogP contribution in [-0.2, 0) is 0 Å². The van der Waals surface area contributed by atoms with Crippen molar-refractivity contribution in [1.82, 2.24) is 0 Å². The molecule has 0 aliphatic carbocycles. The molecule has 0 fully saturated rings. The number of aliphatic imine (C=N–C) groups is 1. The summed E-state index contributed by atoms with van der Waals surface area (Å²) in [6.45, 7) is 9.41. The van der Waals surface area contributed by atoms with Gasteiger partial charge in [0.2, 0.25) is 0 Å². The fourth-order valence-corrected chi connectivity index (χ4v) is 1.21. The summed E-state index contributed by atoms with van der Waals surface area (Å²) in [5.41, 5.74) is 13.5. The highest BCUT2D eigenvalue weighted by Crippen LogP contribution is 2.12. The molecule has 4 N–H and O–H groups in total. The van der Waals surface area contributed by atoms with Crippen LogP contribution in [0.4, 0.5) is 0 Å². The fraction of sp³-hybridized carbons (Fsp3) is 0.417. The van der Waals surface area contributed by atoms with Gasteiger partial charge in [0.05, 0.1) is 11.4 Å². The summed E-state index contributed by atoms with van der Waals surface area (Å²) in [4.78, 5) is 4.18. The van der Waals surface area contributed by atoms with Crippen molar-refractivity contribution in [3.63, 3.8) is 0 Å². The molecule has 0 amide bonds. The molecule has 0 aliphatic heterocycles. The first kappa shape index (κ1) is 13.5. The molecular formula is C12H21N3. The van der Waals surface area contributed by atoms with Crippen LogP contribution in [0.15, 0.2) is 41.3 Å². The molecular weight excluding hydrogens is 186 g/mol. The fourth-order valence-electron chi connectivity index (χ4n) is 1.21. The van der Waals surface area contributed by atoms with Gasteiger partial charge < -0.3 is 11.5 Å². The zero-order valence-electron chi connectivity index (χ0n) is 9.83. The van der Waals surface area contributed by atoms with Crippen molar-refractivity contribution < 1.29 is 0 Å². The highest BCUT2D eigenvalue weighted by Gasteiger charge is 2.12. The monoisotopic (exact) mass is 207 g/mol. The Kier molecular flexibility index (Phi) is 6.18. The van der Waals surface area contributed by atoms with E-state index in [-0.39, 0.29) is 5.92 Å². The molecule has 0 heterocycles. The van der Waals surface area contributed by atoms with E-state index in [2.05, 4.69) is 24.6 Å². The maximum atomic E-state index is 5.87. The standard InChI is InChI=1S/C12H21N3/c1-5-7-8-9(3)12(15-6-2)11(14)10(4)13/h5-7,9H,2,8,13-14H2,1,3-4H3/b7-5+,11-10?,15-12?. The first-order valence-electron chi connectivity index (χ1n) is 5.06. The van der Waals surface area contributed by atoms with Crippen LogP contribution in [0, 0.1) is 5.92 Å². The molecule has 1 atom stereocenters. The quantitative estimate of drug-likeness (QED) is 0.536. The zero-order chi connectivity index (χ0) is 11.8. The van der Waals surface area contributed by atoms with Gasteiger partial charge in [-0.1, -0.05) is 25.7 Å². The van der Waals surface area contributed by atoms with Crippen LogP contribution in [0.2, 0.25) is 0 Å². The molecule has 0 spiro atoms. The van der Waals surface area contributed by atoms with Gasteiger partial charge in [-0.15, -0.1) is 0 Å². The van der Waals surface area contributed by atoms with Gasteiger partial charge in [0.1, 0.15) is 0 Å². The Balaban J connectivity index is 4.91. The van der Waals surface area contributed by atoms with Gasteiger partial charge in [0, 0.05) is 17.8 Å². The van der Waals surface area contributed by atoms with Crippen molar-refractivity contribution in [3.05, 3.63) is 36.3 Å². The van der Waals surface area contributed by atoms with Crippen molar-refractivity contribution in [1.29, 1.82) is 0 Å². The smallest absolute Gasteiger partial charge is 0.0723 e. The van der Waals surface area contributed by atoms with Crippen LogP contribution < -0.4 is 11.5 Å². The number of hydrogen-bond acceptors (Lipinski definition) is 3. The lowest BCUT2D eigenvalue weighted by atomic mass is 9.98.